The quantitative estimate of drug-likeness (QED) is 0.406. The summed E-state index contributed by atoms with van der Waals surface area (Å²) >= 11 is 0. The highest BCUT2D eigenvalue weighted by molar-refractivity contribution is 5.98. The van der Waals surface area contributed by atoms with Crippen molar-refractivity contribution in [3.63, 3.8) is 0 Å². The molecule has 10 heteroatoms. The van der Waals surface area contributed by atoms with Crippen LogP contribution in [0.1, 0.15) is 16.1 Å². The number of anilines is 1. The van der Waals surface area contributed by atoms with E-state index in [1.54, 1.807) is 55.6 Å². The number of aryl methyl sites for hydroxylation is 2. The van der Waals surface area contributed by atoms with Crippen LogP contribution >= 0.6 is 0 Å². The van der Waals surface area contributed by atoms with Crippen LogP contribution < -0.4 is 16.6 Å². The monoisotopic (exact) mass is 466 g/mol. The molecule has 0 aliphatic rings. The molecule has 4 heterocycles. The zero-order valence-electron chi connectivity index (χ0n) is 19.1. The molecule has 174 valence electrons. The molecule has 0 saturated heterocycles. The number of nitrogens with two attached hydrogens (primary N) is 1. The molecule has 1 aromatic carbocycles. The predicted molar refractivity (Wildman–Crippen MR) is 132 cm³/mol. The van der Waals surface area contributed by atoms with Gasteiger partial charge in [-0.1, -0.05) is 18.2 Å². The number of fused-ring (bicyclic) bond motifs is 1. The number of rotatable bonds is 5. The number of aromatic nitrogens is 6. The number of pyridine rings is 2. The molecule has 0 fully saturated rings. The molecule has 0 saturated carbocycles. The Morgan fingerprint density at radius 2 is 1.89 bits per heavy atom. The largest absolute Gasteiger partial charge is 0.382 e. The van der Waals surface area contributed by atoms with Gasteiger partial charge in [-0.2, -0.15) is 5.10 Å². The Hall–Kier alpha value is -4.86. The molecule has 5 aromatic rings. The van der Waals surface area contributed by atoms with Gasteiger partial charge in [-0.3, -0.25) is 19.3 Å². The SMILES string of the molecule is Cn1ccc(-c2nc(N)c(C(=O)NCc3cccn(C)c3=O)nc2-c2ccc3ncccc3c2)n1. The lowest BCUT2D eigenvalue weighted by atomic mass is 10.0. The van der Waals surface area contributed by atoms with Crippen LogP contribution in [0.3, 0.4) is 0 Å². The number of hydrogen-bond acceptors (Lipinski definition) is 7. The Morgan fingerprint density at radius 3 is 2.69 bits per heavy atom. The van der Waals surface area contributed by atoms with Crippen molar-refractivity contribution in [2.24, 2.45) is 14.1 Å². The maximum absolute atomic E-state index is 13.1. The van der Waals surface area contributed by atoms with E-state index in [2.05, 4.69) is 25.4 Å². The minimum atomic E-state index is -0.530. The van der Waals surface area contributed by atoms with E-state index in [4.69, 9.17) is 5.73 Å². The number of nitrogens with one attached hydrogen (secondary N) is 1. The third kappa shape index (κ3) is 4.24. The van der Waals surface area contributed by atoms with Gasteiger partial charge in [0.05, 0.1) is 11.2 Å². The molecule has 1 amide bonds. The Morgan fingerprint density at radius 1 is 1.03 bits per heavy atom. The second kappa shape index (κ2) is 8.82. The minimum absolute atomic E-state index is 0.0290. The van der Waals surface area contributed by atoms with Gasteiger partial charge in [-0.25, -0.2) is 9.97 Å². The van der Waals surface area contributed by atoms with Crippen molar-refractivity contribution >= 4 is 22.6 Å². The van der Waals surface area contributed by atoms with Gasteiger partial charge in [0, 0.05) is 55.7 Å². The van der Waals surface area contributed by atoms with E-state index in [1.165, 1.54) is 4.57 Å². The van der Waals surface area contributed by atoms with Crippen LogP contribution in [0, 0.1) is 0 Å². The molecule has 3 N–H and O–H groups in total. The summed E-state index contributed by atoms with van der Waals surface area (Å²) in [7, 11) is 3.45. The summed E-state index contributed by atoms with van der Waals surface area (Å²) in [5.41, 5.74) is 9.48. The normalized spacial score (nSPS) is 11.0. The second-order valence-corrected chi connectivity index (χ2v) is 8.07. The molecule has 10 nitrogen and oxygen atoms in total. The molecule has 35 heavy (non-hydrogen) atoms. The highest BCUT2D eigenvalue weighted by Crippen LogP contribution is 2.31. The van der Waals surface area contributed by atoms with Gasteiger partial charge in [0.25, 0.3) is 11.5 Å². The number of carbonyl (C=O) groups excluding carboxylic acids is 1. The topological polar surface area (TPSA) is 134 Å². The summed E-state index contributed by atoms with van der Waals surface area (Å²) in [6.45, 7) is 0.0342. The first-order valence-corrected chi connectivity index (χ1v) is 10.9. The van der Waals surface area contributed by atoms with Crippen molar-refractivity contribution < 1.29 is 4.79 Å². The van der Waals surface area contributed by atoms with E-state index in [0.29, 0.717) is 22.6 Å². The van der Waals surface area contributed by atoms with Crippen LogP contribution in [0.4, 0.5) is 5.82 Å². The fraction of sp³-hybridized carbons (Fsp3) is 0.120. The van der Waals surface area contributed by atoms with E-state index < -0.39 is 5.91 Å². The van der Waals surface area contributed by atoms with E-state index in [9.17, 15) is 9.59 Å². The van der Waals surface area contributed by atoms with Crippen molar-refractivity contribution in [3.05, 3.63) is 88.7 Å². The summed E-state index contributed by atoms with van der Waals surface area (Å²) < 4.78 is 3.10. The lowest BCUT2D eigenvalue weighted by Gasteiger charge is -2.12. The number of nitrogens with zero attached hydrogens (tertiary/aromatic N) is 6. The number of nitrogen functional groups attached to an aromatic ring is 1. The van der Waals surface area contributed by atoms with Crippen LogP contribution in [-0.2, 0) is 20.6 Å². The maximum Gasteiger partial charge on any atom is 0.274 e. The molecule has 0 aliphatic heterocycles. The molecular weight excluding hydrogens is 444 g/mol. The molecule has 0 atom stereocenters. The van der Waals surface area contributed by atoms with Crippen molar-refractivity contribution in [1.82, 2.24) is 34.6 Å². The Labute approximate surface area is 200 Å². The van der Waals surface area contributed by atoms with Gasteiger partial charge in [-0.15, -0.1) is 0 Å². The smallest absolute Gasteiger partial charge is 0.274 e. The van der Waals surface area contributed by atoms with E-state index >= 15 is 0 Å². The lowest BCUT2D eigenvalue weighted by molar-refractivity contribution is 0.0946. The van der Waals surface area contributed by atoms with E-state index in [-0.39, 0.29) is 23.6 Å². The average Bonchev–Trinajstić information content (AvgIpc) is 3.30. The van der Waals surface area contributed by atoms with Crippen molar-refractivity contribution in [3.8, 4) is 22.6 Å². The number of hydrogen-bond donors (Lipinski definition) is 2. The van der Waals surface area contributed by atoms with Crippen LogP contribution in [0.15, 0.2) is 71.9 Å². The predicted octanol–water partition coefficient (Wildman–Crippen LogP) is 2.30. The Balaban J connectivity index is 1.58. The van der Waals surface area contributed by atoms with Crippen LogP contribution in [-0.4, -0.2) is 35.2 Å². The summed E-state index contributed by atoms with van der Waals surface area (Å²) in [6.07, 6.45) is 5.17. The standard InChI is InChI=1S/C25H22N8O2/c1-32-11-4-6-17(25(32)35)14-28-24(34)22-23(26)30-21(19-9-12-33(2)31-19)20(29-22)16-7-8-18-15(13-16)5-3-10-27-18/h3-13H,14H2,1-2H3,(H2,26,30)(H,28,34). The van der Waals surface area contributed by atoms with E-state index in [1.807, 2.05) is 30.3 Å². The summed E-state index contributed by atoms with van der Waals surface area (Å²) in [5, 5.41) is 8.10. The summed E-state index contributed by atoms with van der Waals surface area (Å²) in [6, 6.07) is 14.7. The third-order valence-corrected chi connectivity index (χ3v) is 5.61. The number of carbonyl (C=O) groups is 1. The Kier molecular flexibility index (Phi) is 5.54. The van der Waals surface area contributed by atoms with Gasteiger partial charge in [0.1, 0.15) is 11.4 Å². The average molecular weight is 467 g/mol. The maximum atomic E-state index is 13.1. The van der Waals surface area contributed by atoms with Crippen LogP contribution in [0.2, 0.25) is 0 Å². The molecule has 0 spiro atoms. The minimum Gasteiger partial charge on any atom is -0.382 e. The van der Waals surface area contributed by atoms with Crippen molar-refractivity contribution in [1.29, 1.82) is 0 Å². The molecule has 0 unspecified atom stereocenters. The van der Waals surface area contributed by atoms with Gasteiger partial charge >= 0.3 is 0 Å². The summed E-state index contributed by atoms with van der Waals surface area (Å²) in [5.74, 6) is -0.562. The molecule has 5 rings (SSSR count). The highest BCUT2D eigenvalue weighted by atomic mass is 16.2. The first-order valence-electron chi connectivity index (χ1n) is 10.9. The summed E-state index contributed by atoms with van der Waals surface area (Å²) in [4.78, 5) is 38.8. The van der Waals surface area contributed by atoms with Gasteiger partial charge < -0.3 is 15.6 Å². The lowest BCUT2D eigenvalue weighted by Crippen LogP contribution is -2.30. The molecular formula is C25H22N8O2. The molecule has 4 aromatic heterocycles. The number of benzene rings is 1. The first kappa shape index (κ1) is 22.0. The third-order valence-electron chi connectivity index (χ3n) is 5.61. The van der Waals surface area contributed by atoms with Crippen molar-refractivity contribution in [2.45, 2.75) is 6.54 Å². The second-order valence-electron chi connectivity index (χ2n) is 8.07. The first-order chi connectivity index (χ1) is 16.9. The number of amides is 1. The van der Waals surface area contributed by atoms with Crippen LogP contribution in [0.5, 0.6) is 0 Å². The fourth-order valence-corrected chi connectivity index (χ4v) is 3.81. The van der Waals surface area contributed by atoms with Crippen molar-refractivity contribution in [2.75, 3.05) is 5.73 Å². The highest BCUT2D eigenvalue weighted by Gasteiger charge is 2.21. The van der Waals surface area contributed by atoms with Gasteiger partial charge in [0.15, 0.2) is 11.5 Å². The zero-order valence-corrected chi connectivity index (χ0v) is 19.1. The van der Waals surface area contributed by atoms with Gasteiger partial charge in [0.2, 0.25) is 0 Å². The Bertz CT molecular complexity index is 1640. The van der Waals surface area contributed by atoms with E-state index in [0.717, 1.165) is 16.5 Å². The zero-order chi connectivity index (χ0) is 24.5. The van der Waals surface area contributed by atoms with Gasteiger partial charge in [-0.05, 0) is 30.3 Å². The molecule has 0 aliphatic carbocycles. The molecule has 0 radical (unpaired) electrons. The van der Waals surface area contributed by atoms with Crippen LogP contribution in [0.25, 0.3) is 33.5 Å². The molecule has 0 bridgehead atoms. The fourth-order valence-electron chi connectivity index (χ4n) is 3.81.